The Morgan fingerprint density at radius 2 is 1.93 bits per heavy atom. The van der Waals surface area contributed by atoms with Crippen molar-refractivity contribution >= 4 is 17.5 Å². The Kier molecular flexibility index (Phi) is 6.21. The van der Waals surface area contributed by atoms with E-state index >= 15 is 0 Å². The van der Waals surface area contributed by atoms with Gasteiger partial charge in [0.05, 0.1) is 6.42 Å². The lowest BCUT2D eigenvalue weighted by atomic mass is 9.88. The van der Waals surface area contributed by atoms with Crippen LogP contribution in [0.1, 0.15) is 54.1 Å². The maximum absolute atomic E-state index is 12.4. The number of fused-ring (bicyclic) bond motifs is 1. The smallest absolute Gasteiger partial charge is 0.306 e. The van der Waals surface area contributed by atoms with Gasteiger partial charge in [-0.05, 0) is 48.8 Å². The van der Waals surface area contributed by atoms with E-state index in [1.54, 1.807) is 13.0 Å². The van der Waals surface area contributed by atoms with Crippen LogP contribution >= 0.6 is 0 Å². The van der Waals surface area contributed by atoms with Crippen LogP contribution in [0.3, 0.4) is 0 Å². The molecule has 1 aromatic rings. The number of nitro groups is 1. The summed E-state index contributed by atoms with van der Waals surface area (Å²) in [7, 11) is 0. The number of hydrogen-bond acceptors (Lipinski definition) is 6. The van der Waals surface area contributed by atoms with E-state index in [-0.39, 0.29) is 43.5 Å². The maximum Gasteiger partial charge on any atom is 0.306 e. The minimum atomic E-state index is -0.702. The monoisotopic (exact) mass is 387 g/mol. The Morgan fingerprint density at radius 3 is 2.64 bits per heavy atom. The van der Waals surface area contributed by atoms with Crippen LogP contribution in [0.15, 0.2) is 18.2 Å². The summed E-state index contributed by atoms with van der Waals surface area (Å²) in [5, 5.41) is 10.8. The van der Waals surface area contributed by atoms with E-state index in [4.69, 9.17) is 4.74 Å². The van der Waals surface area contributed by atoms with Gasteiger partial charge in [-0.3, -0.25) is 24.5 Å². The summed E-state index contributed by atoms with van der Waals surface area (Å²) in [5.74, 6) is -2.38. The number of Topliss-reactive ketones (excluding diaryl/α,β-unsaturated/α-hetero) is 2. The quantitative estimate of drug-likeness (QED) is 0.308. The molecule has 1 saturated carbocycles. The van der Waals surface area contributed by atoms with Crippen LogP contribution in [0.4, 0.5) is 0 Å². The number of aryl methyl sites for hydroxylation is 2. The molecule has 1 fully saturated rings. The van der Waals surface area contributed by atoms with E-state index in [1.165, 1.54) is 11.1 Å². The molecule has 0 N–H and O–H groups in total. The minimum Gasteiger partial charge on any atom is -0.457 e. The molecule has 2 aliphatic carbocycles. The van der Waals surface area contributed by atoms with Crippen molar-refractivity contribution in [1.29, 1.82) is 0 Å². The zero-order valence-electron chi connectivity index (χ0n) is 16.0. The molecule has 7 nitrogen and oxygen atoms in total. The van der Waals surface area contributed by atoms with Gasteiger partial charge in [0.1, 0.15) is 5.78 Å². The molecule has 0 amide bonds. The van der Waals surface area contributed by atoms with E-state index in [9.17, 15) is 24.5 Å². The van der Waals surface area contributed by atoms with Gasteiger partial charge < -0.3 is 4.74 Å². The third-order valence-corrected chi connectivity index (χ3v) is 5.97. The van der Waals surface area contributed by atoms with Crippen LogP contribution in [0.25, 0.3) is 0 Å². The first kappa shape index (κ1) is 20.2. The maximum atomic E-state index is 12.4. The second kappa shape index (κ2) is 8.63. The van der Waals surface area contributed by atoms with E-state index in [0.717, 1.165) is 25.7 Å². The Bertz CT molecular complexity index is 802. The van der Waals surface area contributed by atoms with Crippen molar-refractivity contribution in [3.05, 3.63) is 45.0 Å². The van der Waals surface area contributed by atoms with Crippen molar-refractivity contribution < 1.29 is 24.0 Å². The molecule has 0 saturated heterocycles. The molecule has 0 aromatic heterocycles. The van der Waals surface area contributed by atoms with E-state index in [1.807, 2.05) is 12.1 Å². The van der Waals surface area contributed by atoms with Gasteiger partial charge in [-0.25, -0.2) is 0 Å². The summed E-state index contributed by atoms with van der Waals surface area (Å²) in [6, 6.07) is 5.60. The summed E-state index contributed by atoms with van der Waals surface area (Å²) in [4.78, 5) is 47.0. The molecule has 2 aliphatic rings. The molecule has 0 heterocycles. The number of carbonyl (C=O) groups excluding carboxylic acids is 3. The van der Waals surface area contributed by atoms with Gasteiger partial charge in [0.25, 0.3) is 0 Å². The van der Waals surface area contributed by atoms with Crippen molar-refractivity contribution in [3.63, 3.8) is 0 Å². The fraction of sp³-hybridized carbons (Fsp3) is 0.571. The molecule has 28 heavy (non-hydrogen) atoms. The molecule has 0 bridgehead atoms. The first-order valence-electron chi connectivity index (χ1n) is 9.80. The number of hydrogen-bond donors (Lipinski definition) is 0. The highest BCUT2D eigenvalue weighted by Gasteiger charge is 2.44. The van der Waals surface area contributed by atoms with Crippen molar-refractivity contribution in [2.75, 3.05) is 13.2 Å². The highest BCUT2D eigenvalue weighted by molar-refractivity contribution is 5.98. The van der Waals surface area contributed by atoms with Gasteiger partial charge >= 0.3 is 5.97 Å². The van der Waals surface area contributed by atoms with Crippen LogP contribution in [-0.2, 0) is 27.2 Å². The van der Waals surface area contributed by atoms with Crippen LogP contribution in [-0.4, -0.2) is 35.6 Å². The summed E-state index contributed by atoms with van der Waals surface area (Å²) in [5.41, 5.74) is 2.97. The lowest BCUT2D eigenvalue weighted by Gasteiger charge is -2.17. The largest absolute Gasteiger partial charge is 0.457 e. The zero-order valence-corrected chi connectivity index (χ0v) is 16.0. The molecular formula is C21H25NO6. The van der Waals surface area contributed by atoms with Crippen LogP contribution < -0.4 is 0 Å². The molecule has 0 spiro atoms. The SMILES string of the molecule is C[C@H]1CC(=O)[C@H](CC(=O)OCC(=O)c2ccc3c(c2)CCCC3)[C@@H]1C[N+](=O)[O-]. The molecule has 150 valence electrons. The molecule has 0 radical (unpaired) electrons. The Morgan fingerprint density at radius 1 is 1.21 bits per heavy atom. The van der Waals surface area contributed by atoms with Crippen LogP contribution in [0, 0.1) is 27.9 Å². The van der Waals surface area contributed by atoms with Crippen molar-refractivity contribution in [2.24, 2.45) is 17.8 Å². The van der Waals surface area contributed by atoms with Crippen molar-refractivity contribution in [2.45, 2.75) is 45.4 Å². The molecule has 0 unspecified atom stereocenters. The standard InChI is InChI=1S/C21H25NO6/c1-13-8-19(23)17(18(13)11-22(26)27)10-21(25)28-12-20(24)16-7-6-14-4-2-3-5-15(14)9-16/h6-7,9,13,17-18H,2-5,8,10-12H2,1H3/t13-,17+,18+/m0/s1. The number of carbonyl (C=O) groups is 3. The average Bonchev–Trinajstić information content (AvgIpc) is 2.92. The number of ketones is 2. The van der Waals surface area contributed by atoms with Gasteiger partial charge in [-0.2, -0.15) is 0 Å². The predicted molar refractivity (Wildman–Crippen MR) is 101 cm³/mol. The summed E-state index contributed by atoms with van der Waals surface area (Å²) in [6.07, 6.45) is 4.28. The molecular weight excluding hydrogens is 362 g/mol. The van der Waals surface area contributed by atoms with Gasteiger partial charge in [0, 0.05) is 28.7 Å². The van der Waals surface area contributed by atoms with Gasteiger partial charge in [0.2, 0.25) is 6.54 Å². The molecule has 3 atom stereocenters. The topological polar surface area (TPSA) is 104 Å². The van der Waals surface area contributed by atoms with Gasteiger partial charge in [-0.1, -0.05) is 19.1 Å². The third kappa shape index (κ3) is 4.64. The Labute approximate surface area is 163 Å². The highest BCUT2D eigenvalue weighted by atomic mass is 16.6. The van der Waals surface area contributed by atoms with Crippen LogP contribution in [0.5, 0.6) is 0 Å². The van der Waals surface area contributed by atoms with Crippen molar-refractivity contribution in [3.8, 4) is 0 Å². The number of esters is 1. The second-order valence-corrected chi connectivity index (χ2v) is 7.91. The lowest BCUT2D eigenvalue weighted by Crippen LogP contribution is -2.28. The number of benzene rings is 1. The second-order valence-electron chi connectivity index (χ2n) is 7.91. The molecule has 7 heteroatoms. The van der Waals surface area contributed by atoms with Gasteiger partial charge in [0.15, 0.2) is 12.4 Å². The van der Waals surface area contributed by atoms with E-state index in [2.05, 4.69) is 0 Å². The van der Waals surface area contributed by atoms with Gasteiger partial charge in [-0.15, -0.1) is 0 Å². The molecule has 0 aliphatic heterocycles. The lowest BCUT2D eigenvalue weighted by molar-refractivity contribution is -0.490. The van der Waals surface area contributed by atoms with E-state index < -0.39 is 22.7 Å². The fourth-order valence-electron chi connectivity index (χ4n) is 4.37. The zero-order chi connectivity index (χ0) is 20.3. The van der Waals surface area contributed by atoms with E-state index in [0.29, 0.717) is 5.56 Å². The number of rotatable bonds is 7. The summed E-state index contributed by atoms with van der Waals surface area (Å²) >= 11 is 0. The number of nitrogens with zero attached hydrogens (tertiary/aromatic N) is 1. The number of ether oxygens (including phenoxy) is 1. The molecule has 3 rings (SSSR count). The third-order valence-electron chi connectivity index (χ3n) is 5.97. The Hall–Kier alpha value is -2.57. The molecule has 1 aromatic carbocycles. The first-order chi connectivity index (χ1) is 13.3. The van der Waals surface area contributed by atoms with Crippen LogP contribution in [0.2, 0.25) is 0 Å². The normalized spacial score (nSPS) is 23.9. The predicted octanol–water partition coefficient (Wildman–Crippen LogP) is 2.80. The fourth-order valence-corrected chi connectivity index (χ4v) is 4.37. The summed E-state index contributed by atoms with van der Waals surface area (Å²) in [6.45, 7) is 1.07. The minimum absolute atomic E-state index is 0.132. The Balaban J connectivity index is 1.55. The average molecular weight is 387 g/mol. The first-order valence-corrected chi connectivity index (χ1v) is 9.80. The van der Waals surface area contributed by atoms with Crippen molar-refractivity contribution in [1.82, 2.24) is 0 Å². The highest BCUT2D eigenvalue weighted by Crippen LogP contribution is 2.36. The summed E-state index contributed by atoms with van der Waals surface area (Å²) < 4.78 is 5.09.